The number of nitriles is 1. The van der Waals surface area contributed by atoms with E-state index in [1.807, 2.05) is 25.1 Å². The normalized spacial score (nSPS) is 11.4. The number of nitrogens with one attached hydrogen (secondary N) is 1. The SMILES string of the molecule is COc1cc(/C=C(/C#N)c2nc3ccc(C)cc3[nH]2)cc(Cl)c1OCc1cccc(F)c1. The molecule has 1 aromatic heterocycles. The van der Waals surface area contributed by atoms with Crippen LogP contribution in [0.5, 0.6) is 11.5 Å². The topological polar surface area (TPSA) is 70.9 Å². The number of aryl methyl sites for hydroxylation is 1. The van der Waals surface area contributed by atoms with Crippen LogP contribution >= 0.6 is 11.6 Å². The molecule has 0 aliphatic carbocycles. The molecule has 4 aromatic rings. The minimum Gasteiger partial charge on any atom is -0.493 e. The molecule has 1 heterocycles. The summed E-state index contributed by atoms with van der Waals surface area (Å²) in [5.41, 5.74) is 4.41. The second-order valence-corrected chi connectivity index (χ2v) is 7.64. The van der Waals surface area contributed by atoms with Gasteiger partial charge in [-0.2, -0.15) is 5.26 Å². The average Bonchev–Trinajstić information content (AvgIpc) is 3.19. The van der Waals surface area contributed by atoms with Crippen LogP contribution in [0, 0.1) is 24.1 Å². The van der Waals surface area contributed by atoms with Gasteiger partial charge < -0.3 is 14.5 Å². The Morgan fingerprint density at radius 2 is 2.06 bits per heavy atom. The van der Waals surface area contributed by atoms with E-state index >= 15 is 0 Å². The van der Waals surface area contributed by atoms with Crippen molar-refractivity contribution < 1.29 is 13.9 Å². The lowest BCUT2D eigenvalue weighted by molar-refractivity contribution is 0.284. The summed E-state index contributed by atoms with van der Waals surface area (Å²) in [5.74, 6) is 0.870. The monoisotopic (exact) mass is 447 g/mol. The number of hydrogen-bond donors (Lipinski definition) is 1. The van der Waals surface area contributed by atoms with Crippen LogP contribution in [0.25, 0.3) is 22.7 Å². The Bertz CT molecular complexity index is 1370. The predicted molar refractivity (Wildman–Crippen MR) is 123 cm³/mol. The quantitative estimate of drug-likeness (QED) is 0.351. The van der Waals surface area contributed by atoms with Gasteiger partial charge in [0.25, 0.3) is 0 Å². The third-order valence-corrected chi connectivity index (χ3v) is 5.13. The molecule has 0 saturated carbocycles. The van der Waals surface area contributed by atoms with Crippen molar-refractivity contribution in [3.8, 4) is 17.6 Å². The number of allylic oxidation sites excluding steroid dienone is 1. The van der Waals surface area contributed by atoms with Gasteiger partial charge in [-0.1, -0.05) is 29.8 Å². The van der Waals surface area contributed by atoms with E-state index in [0.29, 0.717) is 39.0 Å². The first-order valence-electron chi connectivity index (χ1n) is 9.80. The number of hydrogen-bond acceptors (Lipinski definition) is 4. The Balaban J connectivity index is 1.64. The number of imidazole rings is 1. The maximum absolute atomic E-state index is 13.4. The highest BCUT2D eigenvalue weighted by molar-refractivity contribution is 6.32. The highest BCUT2D eigenvalue weighted by atomic mass is 35.5. The number of fused-ring (bicyclic) bond motifs is 1. The van der Waals surface area contributed by atoms with Gasteiger partial charge in [-0.05, 0) is 66.1 Å². The fourth-order valence-electron chi connectivity index (χ4n) is 3.32. The standard InChI is InChI=1S/C25H19ClFN3O2/c1-15-6-7-21-22(8-15)30-25(29-21)18(13-28)9-17-11-20(26)24(23(12-17)31-2)32-14-16-4-3-5-19(27)10-16/h3-12H,14H2,1-2H3,(H,29,30)/b18-9-. The molecule has 0 spiro atoms. The van der Waals surface area contributed by atoms with Crippen LogP contribution in [-0.4, -0.2) is 17.1 Å². The Morgan fingerprint density at radius 1 is 1.22 bits per heavy atom. The largest absolute Gasteiger partial charge is 0.493 e. The first-order chi connectivity index (χ1) is 15.5. The number of nitrogens with zero attached hydrogens (tertiary/aromatic N) is 2. The number of ether oxygens (including phenoxy) is 2. The van der Waals surface area contributed by atoms with E-state index in [0.717, 1.165) is 16.6 Å². The molecule has 4 rings (SSSR count). The summed E-state index contributed by atoms with van der Waals surface area (Å²) in [6, 6.07) is 17.6. The Kier molecular flexibility index (Phi) is 6.11. The van der Waals surface area contributed by atoms with E-state index in [-0.39, 0.29) is 12.4 Å². The summed E-state index contributed by atoms with van der Waals surface area (Å²) in [6.45, 7) is 2.12. The van der Waals surface area contributed by atoms with Gasteiger partial charge in [0.15, 0.2) is 11.5 Å². The van der Waals surface area contributed by atoms with E-state index < -0.39 is 0 Å². The minimum atomic E-state index is -0.338. The maximum Gasteiger partial charge on any atom is 0.180 e. The molecule has 0 aliphatic rings. The highest BCUT2D eigenvalue weighted by Gasteiger charge is 2.14. The van der Waals surface area contributed by atoms with Crippen molar-refractivity contribution in [1.82, 2.24) is 9.97 Å². The third kappa shape index (κ3) is 4.58. The lowest BCUT2D eigenvalue weighted by atomic mass is 10.1. The van der Waals surface area contributed by atoms with Gasteiger partial charge in [-0.3, -0.25) is 0 Å². The van der Waals surface area contributed by atoms with E-state index in [1.54, 1.807) is 30.3 Å². The van der Waals surface area contributed by atoms with Gasteiger partial charge >= 0.3 is 0 Å². The molecule has 32 heavy (non-hydrogen) atoms. The number of aromatic amines is 1. The van der Waals surface area contributed by atoms with Crippen molar-refractivity contribution in [2.45, 2.75) is 13.5 Å². The molecule has 0 radical (unpaired) electrons. The van der Waals surface area contributed by atoms with Gasteiger partial charge in [0.2, 0.25) is 0 Å². The molecule has 1 N–H and O–H groups in total. The van der Waals surface area contributed by atoms with E-state index in [9.17, 15) is 9.65 Å². The summed E-state index contributed by atoms with van der Waals surface area (Å²) in [7, 11) is 1.50. The molecule has 7 heteroatoms. The Morgan fingerprint density at radius 3 is 2.81 bits per heavy atom. The van der Waals surface area contributed by atoms with Crippen LogP contribution in [-0.2, 0) is 6.61 Å². The molecule has 0 fully saturated rings. The van der Waals surface area contributed by atoms with Crippen molar-refractivity contribution in [1.29, 1.82) is 5.26 Å². The van der Waals surface area contributed by atoms with Gasteiger partial charge in [0, 0.05) is 0 Å². The van der Waals surface area contributed by atoms with E-state index in [2.05, 4.69) is 16.0 Å². The molecule has 3 aromatic carbocycles. The second kappa shape index (κ2) is 9.13. The van der Waals surface area contributed by atoms with Crippen molar-refractivity contribution in [2.24, 2.45) is 0 Å². The van der Waals surface area contributed by atoms with Crippen molar-refractivity contribution >= 4 is 34.3 Å². The lowest BCUT2D eigenvalue weighted by Gasteiger charge is -2.13. The number of methoxy groups -OCH3 is 1. The smallest absolute Gasteiger partial charge is 0.180 e. The number of rotatable bonds is 6. The molecule has 0 unspecified atom stereocenters. The van der Waals surface area contributed by atoms with Crippen LogP contribution in [0.1, 0.15) is 22.5 Å². The number of benzene rings is 3. The molecule has 0 bridgehead atoms. The molecular formula is C25H19ClFN3O2. The molecule has 0 amide bonds. The molecule has 0 saturated heterocycles. The summed E-state index contributed by atoms with van der Waals surface area (Å²) in [4.78, 5) is 7.69. The van der Waals surface area contributed by atoms with Gasteiger partial charge in [0.05, 0.1) is 28.7 Å². The zero-order valence-electron chi connectivity index (χ0n) is 17.4. The maximum atomic E-state index is 13.4. The van der Waals surface area contributed by atoms with Gasteiger partial charge in [0.1, 0.15) is 24.3 Å². The van der Waals surface area contributed by atoms with E-state index in [1.165, 1.54) is 19.2 Å². The first kappa shape index (κ1) is 21.4. The van der Waals surface area contributed by atoms with Crippen LogP contribution in [0.4, 0.5) is 4.39 Å². The molecule has 0 atom stereocenters. The molecule has 160 valence electrons. The van der Waals surface area contributed by atoms with Gasteiger partial charge in [-0.25, -0.2) is 9.37 Å². The summed E-state index contributed by atoms with van der Waals surface area (Å²) >= 11 is 6.45. The van der Waals surface area contributed by atoms with Crippen LogP contribution < -0.4 is 9.47 Å². The number of aromatic nitrogens is 2. The Labute approximate surface area is 189 Å². The van der Waals surface area contributed by atoms with Crippen molar-refractivity contribution in [3.05, 3.63) is 88.0 Å². The summed E-state index contributed by atoms with van der Waals surface area (Å²) in [5, 5.41) is 10.0. The summed E-state index contributed by atoms with van der Waals surface area (Å²) < 4.78 is 24.6. The number of halogens is 2. The number of H-pyrrole nitrogens is 1. The molecule has 0 aliphatic heterocycles. The fraction of sp³-hybridized carbons (Fsp3) is 0.120. The average molecular weight is 448 g/mol. The van der Waals surface area contributed by atoms with Crippen molar-refractivity contribution in [3.63, 3.8) is 0 Å². The fourth-order valence-corrected chi connectivity index (χ4v) is 3.59. The molecule has 5 nitrogen and oxygen atoms in total. The lowest BCUT2D eigenvalue weighted by Crippen LogP contribution is -1.99. The highest BCUT2D eigenvalue weighted by Crippen LogP contribution is 2.38. The predicted octanol–water partition coefficient (Wildman–Crippen LogP) is 6.32. The molecular weight excluding hydrogens is 429 g/mol. The van der Waals surface area contributed by atoms with Crippen LogP contribution in [0.15, 0.2) is 54.6 Å². The van der Waals surface area contributed by atoms with Crippen LogP contribution in [0.3, 0.4) is 0 Å². The zero-order chi connectivity index (χ0) is 22.7. The first-order valence-corrected chi connectivity index (χ1v) is 10.2. The van der Waals surface area contributed by atoms with E-state index in [4.69, 9.17) is 21.1 Å². The third-order valence-electron chi connectivity index (χ3n) is 4.85. The minimum absolute atomic E-state index is 0.130. The van der Waals surface area contributed by atoms with Crippen molar-refractivity contribution in [2.75, 3.05) is 7.11 Å². The van der Waals surface area contributed by atoms with Gasteiger partial charge in [-0.15, -0.1) is 0 Å². The summed E-state index contributed by atoms with van der Waals surface area (Å²) in [6.07, 6.45) is 1.68. The second-order valence-electron chi connectivity index (χ2n) is 7.23. The zero-order valence-corrected chi connectivity index (χ0v) is 18.2. The van der Waals surface area contributed by atoms with Crippen LogP contribution in [0.2, 0.25) is 5.02 Å². The Hall–Kier alpha value is -3.82.